The molecule has 18 heavy (non-hydrogen) atoms. The number of rotatable bonds is 2. The lowest BCUT2D eigenvalue weighted by atomic mass is 9.96. The summed E-state index contributed by atoms with van der Waals surface area (Å²) in [5.41, 5.74) is 2.67. The number of aromatic carboxylic acids is 1. The molecule has 0 atom stereocenters. The molecular weight excluding hydrogens is 230 g/mol. The van der Waals surface area contributed by atoms with Gasteiger partial charge in [-0.3, -0.25) is 4.79 Å². The van der Waals surface area contributed by atoms with Gasteiger partial charge in [-0.2, -0.15) is 0 Å². The summed E-state index contributed by atoms with van der Waals surface area (Å²) < 4.78 is 0. The molecule has 0 spiro atoms. The normalized spacial score (nSPS) is 10.8. The summed E-state index contributed by atoms with van der Waals surface area (Å²) in [7, 11) is 0. The molecule has 4 nitrogen and oxygen atoms in total. The Bertz CT molecular complexity index is 698. The Kier molecular flexibility index (Phi) is 2.95. The zero-order valence-corrected chi connectivity index (χ0v) is 10.6. The number of H-pyrrole nitrogens is 1. The van der Waals surface area contributed by atoms with Gasteiger partial charge >= 0.3 is 5.97 Å². The van der Waals surface area contributed by atoms with E-state index in [-0.39, 0.29) is 5.56 Å². The molecule has 0 saturated heterocycles. The van der Waals surface area contributed by atoms with E-state index in [1.165, 1.54) is 0 Å². The van der Waals surface area contributed by atoms with E-state index in [1.54, 1.807) is 0 Å². The van der Waals surface area contributed by atoms with E-state index in [0.29, 0.717) is 17.5 Å². The predicted molar refractivity (Wildman–Crippen MR) is 70.4 cm³/mol. The molecule has 0 radical (unpaired) electrons. The van der Waals surface area contributed by atoms with Gasteiger partial charge in [-0.1, -0.05) is 13.0 Å². The molecule has 0 fully saturated rings. The van der Waals surface area contributed by atoms with E-state index in [1.807, 2.05) is 32.9 Å². The van der Waals surface area contributed by atoms with Gasteiger partial charge in [-0.25, -0.2) is 4.79 Å². The number of nitrogens with one attached hydrogen (secondary N) is 1. The monoisotopic (exact) mass is 245 g/mol. The van der Waals surface area contributed by atoms with Gasteiger partial charge in [0, 0.05) is 10.9 Å². The number of hydrogen-bond donors (Lipinski definition) is 2. The second-order valence-corrected chi connectivity index (χ2v) is 4.47. The molecule has 0 unspecified atom stereocenters. The molecule has 0 amide bonds. The minimum Gasteiger partial charge on any atom is -0.477 e. The molecule has 2 aromatic rings. The van der Waals surface area contributed by atoms with Crippen LogP contribution in [-0.2, 0) is 6.42 Å². The minimum absolute atomic E-state index is 0.142. The fourth-order valence-electron chi connectivity index (χ4n) is 2.49. The number of carbonyl (C=O) groups is 1. The Labute approximate surface area is 104 Å². The van der Waals surface area contributed by atoms with E-state index >= 15 is 0 Å². The van der Waals surface area contributed by atoms with Crippen molar-refractivity contribution in [1.82, 2.24) is 4.98 Å². The van der Waals surface area contributed by atoms with Crippen LogP contribution in [0.1, 0.15) is 34.0 Å². The summed E-state index contributed by atoms with van der Waals surface area (Å²) in [5.74, 6) is -1.17. The van der Waals surface area contributed by atoms with Crippen molar-refractivity contribution in [2.45, 2.75) is 27.2 Å². The SMILES string of the molecule is CCc1c(C(=O)O)c(=O)[nH]c2cc(C)cc(C)c12. The van der Waals surface area contributed by atoms with Gasteiger partial charge in [0.05, 0.1) is 0 Å². The Hall–Kier alpha value is -2.10. The number of aromatic amines is 1. The number of benzene rings is 1. The van der Waals surface area contributed by atoms with Crippen LogP contribution in [0.4, 0.5) is 0 Å². The summed E-state index contributed by atoms with van der Waals surface area (Å²) in [4.78, 5) is 25.7. The number of pyridine rings is 1. The van der Waals surface area contributed by atoms with Gasteiger partial charge in [-0.15, -0.1) is 0 Å². The van der Waals surface area contributed by atoms with E-state index in [0.717, 1.165) is 16.5 Å². The molecule has 2 N–H and O–H groups in total. The number of aromatic nitrogens is 1. The van der Waals surface area contributed by atoms with Crippen molar-refractivity contribution in [3.8, 4) is 0 Å². The predicted octanol–water partition coefficient (Wildman–Crippen LogP) is 2.41. The molecule has 0 saturated carbocycles. The Morgan fingerprint density at radius 3 is 2.56 bits per heavy atom. The smallest absolute Gasteiger partial charge is 0.341 e. The van der Waals surface area contributed by atoms with Crippen LogP contribution in [0.5, 0.6) is 0 Å². The first kappa shape index (κ1) is 12.4. The van der Waals surface area contributed by atoms with Crippen molar-refractivity contribution in [3.63, 3.8) is 0 Å². The summed E-state index contributed by atoms with van der Waals surface area (Å²) >= 11 is 0. The number of carboxylic acid groups (broad SMARTS) is 1. The maximum Gasteiger partial charge on any atom is 0.341 e. The first-order valence-corrected chi connectivity index (χ1v) is 5.85. The van der Waals surface area contributed by atoms with Gasteiger partial charge in [0.15, 0.2) is 0 Å². The van der Waals surface area contributed by atoms with E-state index in [2.05, 4.69) is 4.98 Å². The van der Waals surface area contributed by atoms with Crippen molar-refractivity contribution in [1.29, 1.82) is 0 Å². The maximum absolute atomic E-state index is 11.8. The fraction of sp³-hybridized carbons (Fsp3) is 0.286. The Morgan fingerprint density at radius 2 is 2.00 bits per heavy atom. The van der Waals surface area contributed by atoms with Crippen molar-refractivity contribution in [2.24, 2.45) is 0 Å². The Morgan fingerprint density at radius 1 is 1.33 bits per heavy atom. The van der Waals surface area contributed by atoms with Gasteiger partial charge in [0.1, 0.15) is 5.56 Å². The van der Waals surface area contributed by atoms with Gasteiger partial charge < -0.3 is 10.1 Å². The third kappa shape index (κ3) is 1.79. The third-order valence-electron chi connectivity index (χ3n) is 3.13. The largest absolute Gasteiger partial charge is 0.477 e. The maximum atomic E-state index is 11.8. The highest BCUT2D eigenvalue weighted by molar-refractivity contribution is 5.97. The van der Waals surface area contributed by atoms with Crippen molar-refractivity contribution in [3.05, 3.63) is 44.7 Å². The van der Waals surface area contributed by atoms with Crippen LogP contribution in [0.15, 0.2) is 16.9 Å². The highest BCUT2D eigenvalue weighted by atomic mass is 16.4. The zero-order valence-electron chi connectivity index (χ0n) is 10.6. The van der Waals surface area contributed by atoms with Crippen LogP contribution in [0.3, 0.4) is 0 Å². The highest BCUT2D eigenvalue weighted by Gasteiger charge is 2.18. The number of fused-ring (bicyclic) bond motifs is 1. The standard InChI is InChI=1S/C14H15NO3/c1-4-9-11-8(3)5-7(2)6-10(11)15-13(16)12(9)14(17)18/h5-6H,4H2,1-3H3,(H,15,16)(H,17,18). The van der Waals surface area contributed by atoms with E-state index in [4.69, 9.17) is 5.11 Å². The molecule has 0 bridgehead atoms. The Balaban J connectivity index is 3.04. The van der Waals surface area contributed by atoms with Crippen molar-refractivity contribution in [2.75, 3.05) is 0 Å². The van der Waals surface area contributed by atoms with Crippen LogP contribution in [0.2, 0.25) is 0 Å². The fourth-order valence-corrected chi connectivity index (χ4v) is 2.49. The summed E-state index contributed by atoms with van der Waals surface area (Å²) in [5, 5.41) is 10.0. The number of aryl methyl sites for hydroxylation is 3. The average Bonchev–Trinajstić information content (AvgIpc) is 2.25. The minimum atomic E-state index is -1.17. The topological polar surface area (TPSA) is 70.2 Å². The molecule has 2 rings (SSSR count). The molecule has 1 aromatic heterocycles. The van der Waals surface area contributed by atoms with Crippen LogP contribution in [0.25, 0.3) is 10.9 Å². The van der Waals surface area contributed by atoms with Crippen molar-refractivity contribution < 1.29 is 9.90 Å². The highest BCUT2D eigenvalue weighted by Crippen LogP contribution is 2.24. The van der Waals surface area contributed by atoms with E-state index < -0.39 is 11.5 Å². The molecule has 1 heterocycles. The van der Waals surface area contributed by atoms with Gasteiger partial charge in [0.25, 0.3) is 5.56 Å². The third-order valence-corrected chi connectivity index (χ3v) is 3.13. The van der Waals surface area contributed by atoms with Crippen LogP contribution >= 0.6 is 0 Å². The molecule has 1 aromatic carbocycles. The second kappa shape index (κ2) is 4.29. The molecule has 0 aliphatic heterocycles. The average molecular weight is 245 g/mol. The second-order valence-electron chi connectivity index (χ2n) is 4.47. The zero-order chi connectivity index (χ0) is 13.4. The lowest BCUT2D eigenvalue weighted by Crippen LogP contribution is -2.21. The summed E-state index contributed by atoms with van der Waals surface area (Å²) in [6.07, 6.45) is 0.520. The molecular formula is C14H15NO3. The number of hydrogen-bond acceptors (Lipinski definition) is 2. The quantitative estimate of drug-likeness (QED) is 0.853. The van der Waals surface area contributed by atoms with Gasteiger partial charge in [0.2, 0.25) is 0 Å². The number of carboxylic acids is 1. The van der Waals surface area contributed by atoms with Crippen molar-refractivity contribution >= 4 is 16.9 Å². The molecule has 4 heteroatoms. The van der Waals surface area contributed by atoms with E-state index in [9.17, 15) is 9.59 Å². The first-order valence-electron chi connectivity index (χ1n) is 5.85. The summed E-state index contributed by atoms with van der Waals surface area (Å²) in [6.45, 7) is 5.74. The van der Waals surface area contributed by atoms with Crippen LogP contribution in [-0.4, -0.2) is 16.1 Å². The molecule has 0 aliphatic rings. The first-order chi connectivity index (χ1) is 8.45. The van der Waals surface area contributed by atoms with Crippen LogP contribution in [0, 0.1) is 13.8 Å². The van der Waals surface area contributed by atoms with Crippen LogP contribution < -0.4 is 5.56 Å². The lowest BCUT2D eigenvalue weighted by Gasteiger charge is -2.11. The summed E-state index contributed by atoms with van der Waals surface area (Å²) in [6, 6.07) is 3.86. The molecule has 0 aliphatic carbocycles. The molecule has 94 valence electrons. The lowest BCUT2D eigenvalue weighted by molar-refractivity contribution is 0.0694. The van der Waals surface area contributed by atoms with Gasteiger partial charge in [-0.05, 0) is 43.0 Å².